The molecule has 0 bridgehead atoms. The van der Waals surface area contributed by atoms with Crippen LogP contribution in [0.5, 0.6) is 0 Å². The van der Waals surface area contributed by atoms with Gasteiger partial charge in [-0.3, -0.25) is 13.9 Å². The molecule has 204 valence electrons. The fraction of sp³-hybridized carbons (Fsp3) is 0.481. The molecule has 10 heteroatoms. The largest absolute Gasteiger partial charge is 0.354 e. The van der Waals surface area contributed by atoms with Crippen molar-refractivity contribution in [2.45, 2.75) is 66.0 Å². The van der Waals surface area contributed by atoms with Gasteiger partial charge in [0.05, 0.1) is 11.9 Å². The van der Waals surface area contributed by atoms with Gasteiger partial charge in [0.2, 0.25) is 21.8 Å². The number of carbonyl (C=O) groups is 2. The number of anilines is 1. The smallest absolute Gasteiger partial charge is 0.242 e. The maximum absolute atomic E-state index is 13.5. The molecule has 2 aromatic rings. The zero-order valence-electron chi connectivity index (χ0n) is 22.2. The van der Waals surface area contributed by atoms with E-state index in [4.69, 9.17) is 23.2 Å². The van der Waals surface area contributed by atoms with Crippen molar-refractivity contribution < 1.29 is 18.0 Å². The summed E-state index contributed by atoms with van der Waals surface area (Å²) in [5, 5.41) is 3.77. The minimum Gasteiger partial charge on any atom is -0.354 e. The molecule has 0 aromatic heterocycles. The lowest BCUT2D eigenvalue weighted by molar-refractivity contribution is -0.141. The van der Waals surface area contributed by atoms with Gasteiger partial charge in [0, 0.05) is 36.1 Å². The lowest BCUT2D eigenvalue weighted by Crippen LogP contribution is -2.49. The van der Waals surface area contributed by atoms with Crippen LogP contribution >= 0.6 is 23.2 Å². The lowest BCUT2D eigenvalue weighted by atomic mass is 10.1. The number of aryl methyl sites for hydroxylation is 2. The number of hydrogen-bond acceptors (Lipinski definition) is 4. The van der Waals surface area contributed by atoms with Gasteiger partial charge in [-0.05, 0) is 68.0 Å². The Labute approximate surface area is 231 Å². The monoisotopic (exact) mass is 569 g/mol. The maximum atomic E-state index is 13.5. The Hall–Kier alpha value is -2.29. The molecule has 2 rings (SSSR count). The van der Waals surface area contributed by atoms with Crippen LogP contribution in [0.15, 0.2) is 36.4 Å². The first-order valence-corrected chi connectivity index (χ1v) is 15.1. The first kappa shape index (κ1) is 30.9. The van der Waals surface area contributed by atoms with E-state index in [1.165, 1.54) is 9.21 Å². The number of sulfonamides is 1. The minimum absolute atomic E-state index is 0.0691. The molecule has 1 atom stereocenters. The summed E-state index contributed by atoms with van der Waals surface area (Å²) in [4.78, 5) is 28.0. The summed E-state index contributed by atoms with van der Waals surface area (Å²) in [5.41, 5.74) is 3.06. The van der Waals surface area contributed by atoms with Gasteiger partial charge in [-0.25, -0.2) is 8.42 Å². The average molecular weight is 571 g/mol. The van der Waals surface area contributed by atoms with Crippen molar-refractivity contribution in [2.75, 3.05) is 23.7 Å². The Morgan fingerprint density at radius 3 is 2.35 bits per heavy atom. The molecule has 37 heavy (non-hydrogen) atoms. The van der Waals surface area contributed by atoms with Crippen LogP contribution in [0.25, 0.3) is 0 Å². The van der Waals surface area contributed by atoms with Crippen LogP contribution < -0.4 is 9.62 Å². The van der Waals surface area contributed by atoms with Crippen molar-refractivity contribution in [3.63, 3.8) is 0 Å². The summed E-state index contributed by atoms with van der Waals surface area (Å²) in [5.74, 6) is -0.477. The van der Waals surface area contributed by atoms with Crippen molar-refractivity contribution >= 4 is 50.7 Å². The molecule has 0 saturated heterocycles. The molecule has 0 saturated carbocycles. The number of carbonyl (C=O) groups excluding carboxylic acids is 2. The summed E-state index contributed by atoms with van der Waals surface area (Å²) in [6.07, 6.45) is 2.72. The Morgan fingerprint density at radius 2 is 1.76 bits per heavy atom. The average Bonchev–Trinajstić information content (AvgIpc) is 2.82. The van der Waals surface area contributed by atoms with E-state index in [0.717, 1.165) is 23.8 Å². The minimum atomic E-state index is -3.56. The molecule has 0 aliphatic rings. The first-order chi connectivity index (χ1) is 17.4. The maximum Gasteiger partial charge on any atom is 0.242 e. The van der Waals surface area contributed by atoms with Gasteiger partial charge >= 0.3 is 0 Å². The van der Waals surface area contributed by atoms with Crippen molar-refractivity contribution in [1.82, 2.24) is 10.2 Å². The molecule has 0 aliphatic carbocycles. The van der Waals surface area contributed by atoms with Crippen molar-refractivity contribution in [1.29, 1.82) is 0 Å². The van der Waals surface area contributed by atoms with E-state index in [0.29, 0.717) is 34.3 Å². The number of hydrogen-bond donors (Lipinski definition) is 1. The Balaban J connectivity index is 2.27. The third-order valence-electron chi connectivity index (χ3n) is 6.08. The Morgan fingerprint density at radius 1 is 1.05 bits per heavy atom. The van der Waals surface area contributed by atoms with Crippen LogP contribution in [-0.2, 0) is 26.2 Å². The number of nitrogens with one attached hydrogen (secondary N) is 1. The third kappa shape index (κ3) is 8.90. The third-order valence-corrected chi connectivity index (χ3v) is 7.84. The van der Waals surface area contributed by atoms with E-state index in [9.17, 15) is 18.0 Å². The number of amides is 2. The zero-order chi connectivity index (χ0) is 27.8. The van der Waals surface area contributed by atoms with Crippen molar-refractivity contribution in [3.05, 3.63) is 63.1 Å². The summed E-state index contributed by atoms with van der Waals surface area (Å²) in [7, 11) is -3.56. The fourth-order valence-electron chi connectivity index (χ4n) is 4.09. The second-order valence-electron chi connectivity index (χ2n) is 9.20. The van der Waals surface area contributed by atoms with Crippen LogP contribution in [0.3, 0.4) is 0 Å². The molecule has 7 nitrogen and oxygen atoms in total. The number of benzene rings is 2. The molecule has 2 aromatic carbocycles. The molecule has 0 aliphatic heterocycles. The van der Waals surface area contributed by atoms with Gasteiger partial charge in [0.1, 0.15) is 6.04 Å². The highest BCUT2D eigenvalue weighted by Gasteiger charge is 2.29. The highest BCUT2D eigenvalue weighted by atomic mass is 35.5. The molecular weight excluding hydrogens is 533 g/mol. The summed E-state index contributed by atoms with van der Waals surface area (Å²) in [6.45, 7) is 8.37. The number of halogens is 2. The van der Waals surface area contributed by atoms with Gasteiger partial charge in [-0.2, -0.15) is 0 Å². The van der Waals surface area contributed by atoms with E-state index in [2.05, 4.69) is 5.32 Å². The van der Waals surface area contributed by atoms with Crippen LogP contribution in [0.4, 0.5) is 5.69 Å². The molecule has 1 N–H and O–H groups in total. The molecular formula is C27H37Cl2N3O4S. The molecule has 0 heterocycles. The van der Waals surface area contributed by atoms with Gasteiger partial charge < -0.3 is 10.2 Å². The highest BCUT2D eigenvalue weighted by molar-refractivity contribution is 7.92. The van der Waals surface area contributed by atoms with Gasteiger partial charge in [-0.1, -0.05) is 55.2 Å². The van der Waals surface area contributed by atoms with Crippen LogP contribution in [0.1, 0.15) is 56.2 Å². The predicted molar refractivity (Wildman–Crippen MR) is 152 cm³/mol. The Kier molecular flexibility index (Phi) is 11.7. The Bertz CT molecular complexity index is 1200. The fourth-order valence-corrected chi connectivity index (χ4v) is 5.57. The van der Waals surface area contributed by atoms with Gasteiger partial charge in [0.15, 0.2) is 0 Å². The van der Waals surface area contributed by atoms with Crippen LogP contribution in [0, 0.1) is 13.8 Å². The second kappa shape index (κ2) is 14.0. The van der Waals surface area contributed by atoms with E-state index >= 15 is 0 Å². The van der Waals surface area contributed by atoms with E-state index in [-0.39, 0.29) is 37.7 Å². The number of nitrogens with zero attached hydrogens (tertiary/aromatic N) is 2. The second-order valence-corrected chi connectivity index (χ2v) is 12.0. The SMILES string of the molecule is CCCNC(=O)[C@H](CC)N(Cc1ccc(Cl)cc1Cl)C(=O)CCCN(c1cc(C)ccc1C)S(C)(=O)=O. The van der Waals surface area contributed by atoms with Crippen molar-refractivity contribution in [3.8, 4) is 0 Å². The molecule has 0 radical (unpaired) electrons. The quantitative estimate of drug-likeness (QED) is 0.345. The van der Waals surface area contributed by atoms with E-state index < -0.39 is 16.1 Å². The van der Waals surface area contributed by atoms with E-state index in [1.54, 1.807) is 18.2 Å². The predicted octanol–water partition coefficient (Wildman–Crippen LogP) is 5.49. The summed E-state index contributed by atoms with van der Waals surface area (Å²) < 4.78 is 26.6. The number of rotatable bonds is 13. The zero-order valence-corrected chi connectivity index (χ0v) is 24.5. The normalized spacial score (nSPS) is 12.2. The standard InChI is InChI=1S/C27H37Cl2N3O4S/c1-6-14-30-27(34)24(7-2)31(18-21-12-13-22(28)17-23(21)29)26(33)9-8-15-32(37(5,35)36)25-16-19(3)10-11-20(25)4/h10-13,16-17,24H,6-9,14-15,18H2,1-5H3,(H,30,34)/t24-/m0/s1. The van der Waals surface area contributed by atoms with Gasteiger partial charge in [0.25, 0.3) is 0 Å². The van der Waals surface area contributed by atoms with Crippen LogP contribution in [-0.4, -0.2) is 50.5 Å². The summed E-state index contributed by atoms with van der Waals surface area (Å²) in [6, 6.07) is 10.00. The topological polar surface area (TPSA) is 86.8 Å². The lowest BCUT2D eigenvalue weighted by Gasteiger charge is -2.31. The first-order valence-electron chi connectivity index (χ1n) is 12.4. The molecule has 0 fully saturated rings. The highest BCUT2D eigenvalue weighted by Crippen LogP contribution is 2.26. The molecule has 0 spiro atoms. The van der Waals surface area contributed by atoms with Crippen molar-refractivity contribution in [2.24, 2.45) is 0 Å². The van der Waals surface area contributed by atoms with Gasteiger partial charge in [-0.15, -0.1) is 0 Å². The molecule has 0 unspecified atom stereocenters. The van der Waals surface area contributed by atoms with Crippen LogP contribution in [0.2, 0.25) is 10.0 Å². The van der Waals surface area contributed by atoms with E-state index in [1.807, 2.05) is 45.9 Å². The molecule has 2 amide bonds. The summed E-state index contributed by atoms with van der Waals surface area (Å²) >= 11 is 12.4.